The van der Waals surface area contributed by atoms with Crippen molar-refractivity contribution in [3.63, 3.8) is 0 Å². The van der Waals surface area contributed by atoms with Gasteiger partial charge in [-0.05, 0) is 18.9 Å². The van der Waals surface area contributed by atoms with Gasteiger partial charge in [-0.25, -0.2) is 0 Å². The first kappa shape index (κ1) is 8.20. The van der Waals surface area contributed by atoms with Gasteiger partial charge in [0.05, 0.1) is 5.73 Å². The van der Waals surface area contributed by atoms with Gasteiger partial charge in [0.25, 0.3) is 8.48 Å². The molecule has 1 saturated heterocycles. The molecule has 0 spiro atoms. The van der Waals surface area contributed by atoms with Crippen LogP contribution in [-0.2, 0) is 9.16 Å². The van der Waals surface area contributed by atoms with Crippen molar-refractivity contribution in [2.45, 2.75) is 24.6 Å². The van der Waals surface area contributed by atoms with Crippen LogP contribution in [0.15, 0.2) is 0 Å². The molecule has 0 bridgehead atoms. The molecule has 0 aromatic carbocycles. The number of ether oxygens (including phenoxy) is 1. The summed E-state index contributed by atoms with van der Waals surface area (Å²) in [5.74, 6) is 0. The first-order chi connectivity index (χ1) is 4.73. The molecule has 10 heavy (non-hydrogen) atoms. The van der Waals surface area contributed by atoms with E-state index in [-0.39, 0.29) is 5.73 Å². The van der Waals surface area contributed by atoms with Crippen LogP contribution in [0.3, 0.4) is 0 Å². The van der Waals surface area contributed by atoms with Crippen LogP contribution in [0.4, 0.5) is 0 Å². The average Bonchev–Trinajstić information content (AvgIpc) is 2.32. The normalized spacial score (nSPS) is 40.5. The van der Waals surface area contributed by atoms with E-state index in [1.165, 1.54) is 0 Å². The fourth-order valence-electron chi connectivity index (χ4n) is 1.52. The van der Waals surface area contributed by atoms with E-state index in [1.807, 2.05) is 0 Å². The number of hydrogen-bond acceptors (Lipinski definition) is 3. The van der Waals surface area contributed by atoms with E-state index < -0.39 is 8.48 Å². The Bertz CT molecular complexity index is 122. The van der Waals surface area contributed by atoms with Crippen molar-refractivity contribution in [2.24, 2.45) is 5.40 Å². The standard InChI is InChI=1S/C6H15NO2Si/c1-8-6-4-3-5-10(6,7)9-2/h6H,3-5,7H2,1-2H3. The Balaban J connectivity index is 2.56. The molecule has 0 amide bonds. The van der Waals surface area contributed by atoms with Gasteiger partial charge in [0, 0.05) is 14.2 Å². The number of methoxy groups -OCH3 is 1. The first-order valence-electron chi connectivity index (χ1n) is 3.60. The van der Waals surface area contributed by atoms with Gasteiger partial charge in [-0.15, -0.1) is 0 Å². The van der Waals surface area contributed by atoms with E-state index in [0.717, 1.165) is 18.9 Å². The van der Waals surface area contributed by atoms with E-state index in [1.54, 1.807) is 14.2 Å². The maximum absolute atomic E-state index is 6.00. The van der Waals surface area contributed by atoms with E-state index in [0.29, 0.717) is 0 Å². The van der Waals surface area contributed by atoms with Crippen LogP contribution in [0.2, 0.25) is 6.04 Å². The van der Waals surface area contributed by atoms with Crippen molar-refractivity contribution in [3.05, 3.63) is 0 Å². The molecule has 3 nitrogen and oxygen atoms in total. The van der Waals surface area contributed by atoms with Gasteiger partial charge in [-0.1, -0.05) is 0 Å². The molecule has 1 heterocycles. The lowest BCUT2D eigenvalue weighted by molar-refractivity contribution is 0.140. The van der Waals surface area contributed by atoms with Crippen molar-refractivity contribution < 1.29 is 9.16 Å². The Kier molecular flexibility index (Phi) is 2.46. The zero-order valence-corrected chi connectivity index (χ0v) is 7.59. The monoisotopic (exact) mass is 161 g/mol. The summed E-state index contributed by atoms with van der Waals surface area (Å²) >= 11 is 0. The summed E-state index contributed by atoms with van der Waals surface area (Å²) in [6.07, 6.45) is 2.24. The van der Waals surface area contributed by atoms with Crippen molar-refractivity contribution in [1.29, 1.82) is 0 Å². The van der Waals surface area contributed by atoms with Crippen molar-refractivity contribution in [1.82, 2.24) is 0 Å². The average molecular weight is 161 g/mol. The van der Waals surface area contributed by atoms with E-state index in [4.69, 9.17) is 14.6 Å². The maximum Gasteiger partial charge on any atom is 0.295 e. The fourth-order valence-corrected chi connectivity index (χ4v) is 4.16. The molecule has 2 unspecified atom stereocenters. The molecule has 4 heteroatoms. The summed E-state index contributed by atoms with van der Waals surface area (Å²) in [6, 6.07) is 1.04. The number of nitrogens with two attached hydrogens (primary N) is 1. The Labute approximate surface area is 62.7 Å². The highest BCUT2D eigenvalue weighted by Crippen LogP contribution is 2.27. The summed E-state index contributed by atoms with van der Waals surface area (Å²) in [5.41, 5.74) is 0.220. The molecule has 0 aromatic rings. The highest BCUT2D eigenvalue weighted by Gasteiger charge is 2.44. The third kappa shape index (κ3) is 1.25. The smallest absolute Gasteiger partial charge is 0.295 e. The number of rotatable bonds is 2. The molecule has 60 valence electrons. The molecule has 0 aliphatic carbocycles. The van der Waals surface area contributed by atoms with Crippen molar-refractivity contribution in [2.75, 3.05) is 14.2 Å². The molecule has 1 aliphatic rings. The van der Waals surface area contributed by atoms with Gasteiger partial charge >= 0.3 is 0 Å². The summed E-state index contributed by atoms with van der Waals surface area (Å²) in [5, 5.41) is 6.00. The van der Waals surface area contributed by atoms with Crippen LogP contribution in [-0.4, -0.2) is 28.4 Å². The summed E-state index contributed by atoms with van der Waals surface area (Å²) in [6.45, 7) is 0. The second-order valence-corrected chi connectivity index (χ2v) is 6.24. The van der Waals surface area contributed by atoms with Crippen LogP contribution < -0.4 is 5.40 Å². The highest BCUT2D eigenvalue weighted by molar-refractivity contribution is 6.72. The summed E-state index contributed by atoms with van der Waals surface area (Å²) < 4.78 is 10.5. The molecular formula is C6H15NO2Si. The molecule has 0 saturated carbocycles. The molecule has 0 aromatic heterocycles. The van der Waals surface area contributed by atoms with Crippen LogP contribution in [0.1, 0.15) is 12.8 Å². The van der Waals surface area contributed by atoms with Crippen molar-refractivity contribution >= 4 is 8.48 Å². The summed E-state index contributed by atoms with van der Waals surface area (Å²) in [4.78, 5) is 0. The first-order valence-corrected chi connectivity index (χ1v) is 5.87. The van der Waals surface area contributed by atoms with Crippen LogP contribution >= 0.6 is 0 Å². The molecular weight excluding hydrogens is 146 g/mol. The molecule has 1 rings (SSSR count). The Morgan fingerprint density at radius 1 is 1.50 bits per heavy atom. The van der Waals surface area contributed by atoms with E-state index in [2.05, 4.69) is 0 Å². The lowest BCUT2D eigenvalue weighted by atomic mass is 10.4. The molecule has 2 N–H and O–H groups in total. The van der Waals surface area contributed by atoms with Gasteiger partial charge < -0.3 is 14.6 Å². The second-order valence-electron chi connectivity index (χ2n) is 2.78. The second kappa shape index (κ2) is 3.00. The Hall–Kier alpha value is 0.0969. The molecule has 2 atom stereocenters. The topological polar surface area (TPSA) is 44.5 Å². The van der Waals surface area contributed by atoms with Gasteiger partial charge in [0.1, 0.15) is 0 Å². The van der Waals surface area contributed by atoms with Crippen LogP contribution in [0.5, 0.6) is 0 Å². The van der Waals surface area contributed by atoms with E-state index >= 15 is 0 Å². The Morgan fingerprint density at radius 3 is 2.60 bits per heavy atom. The zero-order valence-electron chi connectivity index (χ0n) is 6.59. The van der Waals surface area contributed by atoms with Crippen molar-refractivity contribution in [3.8, 4) is 0 Å². The lowest BCUT2D eigenvalue weighted by Gasteiger charge is -2.24. The molecule has 1 aliphatic heterocycles. The fraction of sp³-hybridized carbons (Fsp3) is 1.00. The van der Waals surface area contributed by atoms with E-state index in [9.17, 15) is 0 Å². The highest BCUT2D eigenvalue weighted by atomic mass is 28.4. The maximum atomic E-state index is 6.00. The van der Waals surface area contributed by atoms with Crippen LogP contribution in [0, 0.1) is 0 Å². The number of hydrogen-bond donors (Lipinski definition) is 1. The van der Waals surface area contributed by atoms with Gasteiger partial charge in [0.2, 0.25) is 0 Å². The minimum atomic E-state index is -1.91. The molecule has 0 radical (unpaired) electrons. The lowest BCUT2D eigenvalue weighted by Crippen LogP contribution is -2.55. The minimum Gasteiger partial charge on any atom is -0.405 e. The quantitative estimate of drug-likeness (QED) is 0.596. The summed E-state index contributed by atoms with van der Waals surface area (Å²) in [7, 11) is 1.50. The van der Waals surface area contributed by atoms with Crippen LogP contribution in [0.25, 0.3) is 0 Å². The molecule has 1 fully saturated rings. The minimum absolute atomic E-state index is 0.220. The van der Waals surface area contributed by atoms with Gasteiger partial charge in [0.15, 0.2) is 0 Å². The zero-order chi connectivity index (χ0) is 7.61. The largest absolute Gasteiger partial charge is 0.405 e. The van der Waals surface area contributed by atoms with Gasteiger partial charge in [-0.3, -0.25) is 0 Å². The Morgan fingerprint density at radius 2 is 2.20 bits per heavy atom. The third-order valence-electron chi connectivity index (χ3n) is 2.24. The predicted molar refractivity (Wildman–Crippen MR) is 41.8 cm³/mol. The van der Waals surface area contributed by atoms with Gasteiger partial charge in [-0.2, -0.15) is 0 Å². The third-order valence-corrected chi connectivity index (χ3v) is 5.75. The SMILES string of the molecule is COC1CCC[Si]1(N)OC. The predicted octanol–water partition coefficient (Wildman–Crippen LogP) is 0.382.